The SMILES string of the molecule is COc1cc(C)c(C)cc1C(=O)CCSC. The molecular weight excluding hydrogens is 220 g/mol. The Kier molecular flexibility index (Phi) is 4.87. The fourth-order valence-electron chi connectivity index (χ4n) is 1.51. The molecule has 1 rings (SSSR count). The molecule has 0 N–H and O–H groups in total. The van der Waals surface area contributed by atoms with Gasteiger partial charge in [-0.05, 0) is 43.4 Å². The smallest absolute Gasteiger partial charge is 0.167 e. The minimum atomic E-state index is 0.161. The Bertz CT molecular complexity index is 386. The highest BCUT2D eigenvalue weighted by Gasteiger charge is 2.13. The predicted octanol–water partition coefficient (Wildman–Crippen LogP) is 3.25. The maximum Gasteiger partial charge on any atom is 0.167 e. The average molecular weight is 238 g/mol. The molecule has 0 bridgehead atoms. The van der Waals surface area contributed by atoms with Gasteiger partial charge >= 0.3 is 0 Å². The van der Waals surface area contributed by atoms with Crippen molar-refractivity contribution >= 4 is 17.5 Å². The van der Waals surface area contributed by atoms with E-state index in [9.17, 15) is 4.79 Å². The molecule has 1 aromatic rings. The maximum absolute atomic E-state index is 12.0. The van der Waals surface area contributed by atoms with Crippen LogP contribution in [0.4, 0.5) is 0 Å². The summed E-state index contributed by atoms with van der Waals surface area (Å²) < 4.78 is 5.25. The molecule has 0 saturated heterocycles. The van der Waals surface area contributed by atoms with E-state index < -0.39 is 0 Å². The number of aryl methyl sites for hydroxylation is 2. The quantitative estimate of drug-likeness (QED) is 0.737. The first-order valence-electron chi connectivity index (χ1n) is 5.27. The van der Waals surface area contributed by atoms with Gasteiger partial charge in [-0.2, -0.15) is 11.8 Å². The van der Waals surface area contributed by atoms with Gasteiger partial charge < -0.3 is 4.74 Å². The fourth-order valence-corrected chi connectivity index (χ4v) is 1.90. The van der Waals surface area contributed by atoms with Gasteiger partial charge in [-0.3, -0.25) is 4.79 Å². The van der Waals surface area contributed by atoms with Crippen LogP contribution in [-0.4, -0.2) is 24.9 Å². The summed E-state index contributed by atoms with van der Waals surface area (Å²) in [6, 6.07) is 3.86. The normalized spacial score (nSPS) is 10.2. The highest BCUT2D eigenvalue weighted by molar-refractivity contribution is 7.98. The van der Waals surface area contributed by atoms with Crippen LogP contribution in [0.1, 0.15) is 27.9 Å². The van der Waals surface area contributed by atoms with Crippen LogP contribution >= 0.6 is 11.8 Å². The van der Waals surface area contributed by atoms with Gasteiger partial charge in [0.05, 0.1) is 12.7 Å². The number of ketones is 1. The number of ether oxygens (including phenoxy) is 1. The number of carbonyl (C=O) groups is 1. The third kappa shape index (κ3) is 3.01. The van der Waals surface area contributed by atoms with E-state index in [4.69, 9.17) is 4.74 Å². The number of hydrogen-bond donors (Lipinski definition) is 0. The molecule has 1 aromatic carbocycles. The molecule has 0 aliphatic heterocycles. The lowest BCUT2D eigenvalue weighted by molar-refractivity contribution is 0.0986. The number of methoxy groups -OCH3 is 1. The van der Waals surface area contributed by atoms with Gasteiger partial charge in [0.15, 0.2) is 5.78 Å². The van der Waals surface area contributed by atoms with Crippen molar-refractivity contribution in [3.8, 4) is 5.75 Å². The molecule has 0 fully saturated rings. The third-order valence-corrected chi connectivity index (χ3v) is 3.26. The summed E-state index contributed by atoms with van der Waals surface area (Å²) in [6.07, 6.45) is 2.57. The topological polar surface area (TPSA) is 26.3 Å². The molecular formula is C13H18O2S. The van der Waals surface area contributed by atoms with Crippen LogP contribution < -0.4 is 4.74 Å². The third-order valence-electron chi connectivity index (χ3n) is 2.65. The molecule has 0 unspecified atom stereocenters. The van der Waals surface area contributed by atoms with Gasteiger partial charge in [0.1, 0.15) is 5.75 Å². The van der Waals surface area contributed by atoms with Crippen LogP contribution in [0.15, 0.2) is 12.1 Å². The molecule has 0 heterocycles. The minimum absolute atomic E-state index is 0.161. The monoisotopic (exact) mass is 238 g/mol. The lowest BCUT2D eigenvalue weighted by atomic mass is 10.0. The molecule has 0 atom stereocenters. The van der Waals surface area contributed by atoms with E-state index in [-0.39, 0.29) is 5.78 Å². The van der Waals surface area contributed by atoms with E-state index >= 15 is 0 Å². The number of Topliss-reactive ketones (excluding diaryl/α,β-unsaturated/α-hetero) is 1. The molecule has 0 radical (unpaired) electrons. The second-order valence-corrected chi connectivity index (χ2v) is 4.79. The molecule has 0 aromatic heterocycles. The summed E-state index contributed by atoms with van der Waals surface area (Å²) in [7, 11) is 1.61. The molecule has 0 aliphatic rings. The van der Waals surface area contributed by atoms with Gasteiger partial charge in [0.2, 0.25) is 0 Å². The van der Waals surface area contributed by atoms with Crippen molar-refractivity contribution in [3.63, 3.8) is 0 Å². The van der Waals surface area contributed by atoms with Crippen molar-refractivity contribution in [1.29, 1.82) is 0 Å². The Morgan fingerprint density at radius 1 is 1.31 bits per heavy atom. The first-order chi connectivity index (χ1) is 7.60. The second-order valence-electron chi connectivity index (χ2n) is 3.80. The van der Waals surface area contributed by atoms with Crippen LogP contribution in [0.25, 0.3) is 0 Å². The molecule has 0 amide bonds. The van der Waals surface area contributed by atoms with Crippen molar-refractivity contribution < 1.29 is 9.53 Å². The molecule has 0 spiro atoms. The van der Waals surface area contributed by atoms with E-state index in [1.807, 2.05) is 32.2 Å². The molecule has 3 heteroatoms. The van der Waals surface area contributed by atoms with E-state index in [0.29, 0.717) is 17.7 Å². The van der Waals surface area contributed by atoms with E-state index in [1.165, 1.54) is 0 Å². The lowest BCUT2D eigenvalue weighted by Gasteiger charge is -2.10. The maximum atomic E-state index is 12.0. The Morgan fingerprint density at radius 3 is 2.50 bits per heavy atom. The van der Waals surface area contributed by atoms with Gasteiger partial charge in [-0.25, -0.2) is 0 Å². The molecule has 88 valence electrons. The van der Waals surface area contributed by atoms with Crippen LogP contribution in [0, 0.1) is 13.8 Å². The Labute approximate surface area is 101 Å². The summed E-state index contributed by atoms with van der Waals surface area (Å²) in [5, 5.41) is 0. The largest absolute Gasteiger partial charge is 0.496 e. The van der Waals surface area contributed by atoms with Crippen molar-refractivity contribution in [3.05, 3.63) is 28.8 Å². The summed E-state index contributed by atoms with van der Waals surface area (Å²) in [5.74, 6) is 1.71. The summed E-state index contributed by atoms with van der Waals surface area (Å²) >= 11 is 1.68. The second kappa shape index (κ2) is 5.94. The highest BCUT2D eigenvalue weighted by atomic mass is 32.2. The number of thioether (sulfide) groups is 1. The number of benzene rings is 1. The Balaban J connectivity index is 3.02. The van der Waals surface area contributed by atoms with Crippen molar-refractivity contribution in [2.75, 3.05) is 19.1 Å². The van der Waals surface area contributed by atoms with Crippen molar-refractivity contribution in [2.24, 2.45) is 0 Å². The van der Waals surface area contributed by atoms with E-state index in [2.05, 4.69) is 0 Å². The fraction of sp³-hybridized carbons (Fsp3) is 0.462. The first kappa shape index (κ1) is 13.1. The van der Waals surface area contributed by atoms with Gasteiger partial charge in [-0.1, -0.05) is 0 Å². The van der Waals surface area contributed by atoms with Crippen LogP contribution in [0.3, 0.4) is 0 Å². The predicted molar refractivity (Wildman–Crippen MR) is 69.8 cm³/mol. The summed E-state index contributed by atoms with van der Waals surface area (Å²) in [6.45, 7) is 4.04. The molecule has 0 aliphatic carbocycles. The lowest BCUT2D eigenvalue weighted by Crippen LogP contribution is -2.04. The minimum Gasteiger partial charge on any atom is -0.496 e. The van der Waals surface area contributed by atoms with Crippen LogP contribution in [0.2, 0.25) is 0 Å². The Morgan fingerprint density at radius 2 is 1.94 bits per heavy atom. The highest BCUT2D eigenvalue weighted by Crippen LogP contribution is 2.24. The first-order valence-corrected chi connectivity index (χ1v) is 6.67. The zero-order valence-corrected chi connectivity index (χ0v) is 11.1. The van der Waals surface area contributed by atoms with E-state index in [0.717, 1.165) is 16.9 Å². The number of rotatable bonds is 5. The zero-order chi connectivity index (χ0) is 12.1. The standard InChI is InChI=1S/C13H18O2S/c1-9-7-11(12(14)5-6-16-4)13(15-3)8-10(9)2/h7-8H,5-6H2,1-4H3. The zero-order valence-electron chi connectivity index (χ0n) is 10.3. The molecule has 16 heavy (non-hydrogen) atoms. The Hall–Kier alpha value is -0.960. The number of carbonyl (C=O) groups excluding carboxylic acids is 1. The summed E-state index contributed by atoms with van der Waals surface area (Å²) in [5.41, 5.74) is 2.99. The average Bonchev–Trinajstić information content (AvgIpc) is 2.28. The van der Waals surface area contributed by atoms with Crippen LogP contribution in [-0.2, 0) is 0 Å². The number of hydrogen-bond acceptors (Lipinski definition) is 3. The van der Waals surface area contributed by atoms with E-state index in [1.54, 1.807) is 18.9 Å². The van der Waals surface area contributed by atoms with Crippen LogP contribution in [0.5, 0.6) is 5.75 Å². The summed E-state index contributed by atoms with van der Waals surface area (Å²) in [4.78, 5) is 12.0. The van der Waals surface area contributed by atoms with Gasteiger partial charge in [0, 0.05) is 12.2 Å². The van der Waals surface area contributed by atoms with Gasteiger partial charge in [0.25, 0.3) is 0 Å². The van der Waals surface area contributed by atoms with Crippen molar-refractivity contribution in [1.82, 2.24) is 0 Å². The van der Waals surface area contributed by atoms with Gasteiger partial charge in [-0.15, -0.1) is 0 Å². The van der Waals surface area contributed by atoms with Crippen molar-refractivity contribution in [2.45, 2.75) is 20.3 Å². The molecule has 2 nitrogen and oxygen atoms in total. The molecule has 0 saturated carbocycles.